The van der Waals surface area contributed by atoms with Gasteiger partial charge < -0.3 is 29.6 Å². The zero-order chi connectivity index (χ0) is 34.1. The van der Waals surface area contributed by atoms with Crippen LogP contribution >= 0.6 is 7.82 Å². The number of likely N-dealkylation sites (N-methyl/N-ethyl adjacent to an activating group) is 1. The van der Waals surface area contributed by atoms with Crippen molar-refractivity contribution in [2.24, 2.45) is 0 Å². The van der Waals surface area contributed by atoms with Gasteiger partial charge in [0.15, 0.2) is 0 Å². The van der Waals surface area contributed by atoms with Crippen molar-refractivity contribution in [1.29, 1.82) is 0 Å². The zero-order valence-electron chi connectivity index (χ0n) is 30.4. The first-order chi connectivity index (χ1) is 21.5. The number of phosphoric ester groups is 1. The molecule has 0 aliphatic heterocycles. The largest absolute Gasteiger partial charge is 0.469 e. The molecule has 0 spiro atoms. The second-order valence-electron chi connectivity index (χ2n) is 13.7. The van der Waals surface area contributed by atoms with Crippen LogP contribution in [0.1, 0.15) is 162 Å². The Morgan fingerprint density at radius 2 is 1.02 bits per heavy atom. The van der Waals surface area contributed by atoms with Gasteiger partial charge in [0.2, 0.25) is 0 Å². The number of hydrogen-bond acceptors (Lipinski definition) is 4. The number of phosphoric acid groups is 1. The van der Waals surface area contributed by atoms with Crippen LogP contribution in [0.4, 0.5) is 4.79 Å². The Labute approximate surface area is 279 Å². The van der Waals surface area contributed by atoms with Crippen LogP contribution in [-0.2, 0) is 9.09 Å². The molecular weight excluding hydrogens is 589 g/mol. The molecule has 0 unspecified atom stereocenters. The maximum absolute atomic E-state index is 12.4. The molecule has 0 atom stereocenters. The number of nitrogens with one attached hydrogen (secondary N) is 1. The number of carbonyl (C=O) groups is 1. The van der Waals surface area contributed by atoms with Crippen LogP contribution in [0.15, 0.2) is 0 Å². The van der Waals surface area contributed by atoms with Crippen LogP contribution in [0.2, 0.25) is 0 Å². The predicted molar refractivity (Wildman–Crippen MR) is 190 cm³/mol. The van der Waals surface area contributed by atoms with Gasteiger partial charge in [-0.3, -0.25) is 4.52 Å². The van der Waals surface area contributed by atoms with Crippen molar-refractivity contribution >= 4 is 13.9 Å². The molecule has 4 N–H and O–H groups in total. The van der Waals surface area contributed by atoms with E-state index >= 15 is 0 Å². The topological polar surface area (TPSA) is 119 Å². The number of unbranched alkanes of at least 4 members (excludes halogenated alkanes) is 21. The van der Waals surface area contributed by atoms with Gasteiger partial charge in [-0.25, -0.2) is 9.36 Å². The Bertz CT molecular complexity index is 672. The second kappa shape index (κ2) is 33.2. The van der Waals surface area contributed by atoms with Gasteiger partial charge in [-0.15, -0.1) is 0 Å². The van der Waals surface area contributed by atoms with Crippen molar-refractivity contribution < 1.29 is 33.3 Å². The van der Waals surface area contributed by atoms with E-state index in [2.05, 4.69) is 23.7 Å². The van der Waals surface area contributed by atoms with Crippen molar-refractivity contribution in [2.75, 3.05) is 60.5 Å². The van der Waals surface area contributed by atoms with Crippen molar-refractivity contribution in [3.05, 3.63) is 0 Å². The lowest BCUT2D eigenvalue weighted by Crippen LogP contribution is -2.42. The molecule has 0 heterocycles. The summed E-state index contributed by atoms with van der Waals surface area (Å²) in [5.74, 6) is 0. The Kier molecular flexibility index (Phi) is 34.3. The first-order valence-corrected chi connectivity index (χ1v) is 20.1. The number of urea groups is 1. The summed E-state index contributed by atoms with van der Waals surface area (Å²) >= 11 is 0. The minimum Gasteiger partial charge on any atom is -0.395 e. The highest BCUT2D eigenvalue weighted by molar-refractivity contribution is 7.46. The highest BCUT2D eigenvalue weighted by Gasteiger charge is 2.16. The summed E-state index contributed by atoms with van der Waals surface area (Å²) in [7, 11) is 1.50. The molecule has 2 amide bonds. The highest BCUT2D eigenvalue weighted by Crippen LogP contribution is 2.35. The molecule has 0 rings (SSSR count). The van der Waals surface area contributed by atoms with Crippen LogP contribution < -0.4 is 5.32 Å². The molecule has 0 saturated heterocycles. The minimum atomic E-state index is -4.26. The molecule has 0 aromatic rings. The molecule has 0 aliphatic carbocycles. The number of amides is 2. The van der Waals surface area contributed by atoms with Crippen LogP contribution in [0.5, 0.6) is 0 Å². The van der Waals surface area contributed by atoms with E-state index in [1.807, 2.05) is 21.1 Å². The Hall–Kier alpha value is -0.700. The Morgan fingerprint density at radius 3 is 1.38 bits per heavy atom. The van der Waals surface area contributed by atoms with Gasteiger partial charge in [0.05, 0.1) is 27.7 Å². The fraction of sp³-hybridized carbons (Fsp3) is 0.971. The van der Waals surface area contributed by atoms with Crippen LogP contribution in [0.3, 0.4) is 0 Å². The summed E-state index contributed by atoms with van der Waals surface area (Å²) in [6, 6.07) is 0.00306. The lowest BCUT2D eigenvalue weighted by Gasteiger charge is -2.23. The van der Waals surface area contributed by atoms with Crippen LogP contribution in [-0.4, -0.2) is 90.8 Å². The second-order valence-corrected chi connectivity index (χ2v) is 14.9. The molecule has 9 nitrogen and oxygen atoms in total. The fourth-order valence-electron chi connectivity index (χ4n) is 5.11. The normalized spacial score (nSPS) is 11.7. The molecule has 0 aliphatic rings. The molecule has 10 heteroatoms. The molecule has 0 radical (unpaired) electrons. The van der Waals surface area contributed by atoms with E-state index in [4.69, 9.17) is 9.79 Å². The van der Waals surface area contributed by atoms with Gasteiger partial charge in [-0.2, -0.15) is 0 Å². The van der Waals surface area contributed by atoms with Crippen LogP contribution in [0.25, 0.3) is 0 Å². The molecule has 0 aromatic carbocycles. The van der Waals surface area contributed by atoms with E-state index < -0.39 is 7.82 Å². The van der Waals surface area contributed by atoms with Crippen molar-refractivity contribution in [3.8, 4) is 0 Å². The van der Waals surface area contributed by atoms with Gasteiger partial charge >= 0.3 is 13.9 Å². The SMILES string of the molecule is CCCCCCCCCCCCCCCCNC(=O)N(CCO)CCCCCCCCCCC.C[N+](C)(C)CCOP(=O)(O)O. The third-order valence-corrected chi connectivity index (χ3v) is 8.54. The number of nitrogens with zero attached hydrogens (tertiary/aromatic N) is 2. The molecule has 272 valence electrons. The Balaban J connectivity index is 0. The summed E-state index contributed by atoms with van der Waals surface area (Å²) in [6.45, 7) is 7.21. The number of hydrogen-bond donors (Lipinski definition) is 4. The van der Waals surface area contributed by atoms with Crippen molar-refractivity contribution in [1.82, 2.24) is 10.2 Å². The van der Waals surface area contributed by atoms with Gasteiger partial charge in [-0.1, -0.05) is 149 Å². The first-order valence-electron chi connectivity index (χ1n) is 18.6. The van der Waals surface area contributed by atoms with E-state index in [-0.39, 0.29) is 19.2 Å². The third-order valence-electron chi connectivity index (χ3n) is 8.02. The molecule has 0 saturated carbocycles. The lowest BCUT2D eigenvalue weighted by atomic mass is 10.0. The smallest absolute Gasteiger partial charge is 0.395 e. The molecule has 0 aromatic heterocycles. The summed E-state index contributed by atoms with van der Waals surface area (Å²) in [5.41, 5.74) is 0. The van der Waals surface area contributed by atoms with Crippen molar-refractivity contribution in [2.45, 2.75) is 162 Å². The monoisotopic (exact) mass is 667 g/mol. The number of rotatable bonds is 31. The molecular formula is C35H77N3O6P+. The van der Waals surface area contributed by atoms with E-state index in [0.29, 0.717) is 17.6 Å². The highest BCUT2D eigenvalue weighted by atomic mass is 31.2. The maximum atomic E-state index is 12.4. The van der Waals surface area contributed by atoms with E-state index in [1.165, 1.54) is 135 Å². The first kappa shape index (κ1) is 46.4. The van der Waals surface area contributed by atoms with Gasteiger partial charge in [0.25, 0.3) is 0 Å². The number of carbonyl (C=O) groups excluding carboxylic acids is 1. The summed E-state index contributed by atoms with van der Waals surface area (Å²) in [6.07, 6.45) is 30.5. The summed E-state index contributed by atoms with van der Waals surface area (Å²) in [5, 5.41) is 12.4. The van der Waals surface area contributed by atoms with Gasteiger partial charge in [-0.05, 0) is 12.8 Å². The standard InChI is InChI=1S/C30H62N2O2.C5H14NO4P/c1-3-5-7-9-11-13-14-15-16-17-18-20-22-24-26-31-30(34)32(28-29-33)27-25-23-21-19-12-10-8-6-4-2;1-6(2,3)4-5-10-11(7,8)9/h33H,3-29H2,1-2H3,(H,31,34);4-5H2,1-3H3,(H-,7,8,9)/p+1. The van der Waals surface area contributed by atoms with E-state index in [9.17, 15) is 14.5 Å². The maximum Gasteiger partial charge on any atom is 0.469 e. The summed E-state index contributed by atoms with van der Waals surface area (Å²) in [4.78, 5) is 30.8. The number of aliphatic hydroxyl groups excluding tert-OH is 1. The van der Waals surface area contributed by atoms with Crippen molar-refractivity contribution in [3.63, 3.8) is 0 Å². The zero-order valence-corrected chi connectivity index (χ0v) is 31.3. The fourth-order valence-corrected chi connectivity index (χ4v) is 5.43. The molecule has 45 heavy (non-hydrogen) atoms. The average Bonchev–Trinajstić information content (AvgIpc) is 2.96. The van der Waals surface area contributed by atoms with E-state index in [1.54, 1.807) is 4.90 Å². The lowest BCUT2D eigenvalue weighted by molar-refractivity contribution is -0.870. The average molecular weight is 667 g/mol. The quantitative estimate of drug-likeness (QED) is 0.0334. The number of quaternary nitrogens is 1. The predicted octanol–water partition coefficient (Wildman–Crippen LogP) is 8.80. The van der Waals surface area contributed by atoms with Crippen LogP contribution in [0, 0.1) is 0 Å². The third kappa shape index (κ3) is 41.3. The molecule has 0 fully saturated rings. The van der Waals surface area contributed by atoms with E-state index in [0.717, 1.165) is 25.9 Å². The minimum absolute atomic E-state index is 0.00306. The van der Waals surface area contributed by atoms with Gasteiger partial charge in [0, 0.05) is 19.6 Å². The number of aliphatic hydroxyl groups is 1. The molecule has 0 bridgehead atoms. The Morgan fingerprint density at radius 1 is 0.644 bits per heavy atom. The van der Waals surface area contributed by atoms with Gasteiger partial charge in [0.1, 0.15) is 13.2 Å². The summed E-state index contributed by atoms with van der Waals surface area (Å²) < 4.78 is 15.1.